The number of benzene rings is 2. The van der Waals surface area contributed by atoms with Crippen LogP contribution in [0.1, 0.15) is 10.4 Å². The van der Waals surface area contributed by atoms with Crippen LogP contribution in [0.5, 0.6) is 23.0 Å². The summed E-state index contributed by atoms with van der Waals surface area (Å²) in [7, 11) is 4.46. The number of para-hydroxylation sites is 2. The molecule has 2 amide bonds. The molecule has 0 saturated carbocycles. The van der Waals surface area contributed by atoms with E-state index in [0.29, 0.717) is 23.0 Å². The maximum absolute atomic E-state index is 12.2. The molecule has 0 atom stereocenters. The van der Waals surface area contributed by atoms with Crippen LogP contribution in [-0.4, -0.2) is 39.8 Å². The average Bonchev–Trinajstić information content (AvgIpc) is 2.69. The Balaban J connectivity index is 1.90. The lowest BCUT2D eigenvalue weighted by molar-refractivity contribution is -0.123. The number of hydrogen-bond acceptors (Lipinski definition) is 6. The Bertz CT molecular complexity index is 756. The highest BCUT2D eigenvalue weighted by atomic mass is 16.5. The molecule has 0 unspecified atom stereocenters. The predicted octanol–water partition coefficient (Wildman–Crippen LogP) is 1.55. The number of nitrogens with one attached hydrogen (secondary N) is 2. The minimum Gasteiger partial charge on any atom is -0.497 e. The third kappa shape index (κ3) is 5.04. The maximum atomic E-state index is 12.2. The first-order valence-electron chi connectivity index (χ1n) is 7.65. The molecule has 2 aromatic rings. The molecule has 26 heavy (non-hydrogen) atoms. The topological polar surface area (TPSA) is 95.1 Å². The summed E-state index contributed by atoms with van der Waals surface area (Å²) in [6.07, 6.45) is 0. The summed E-state index contributed by atoms with van der Waals surface area (Å²) in [5.41, 5.74) is 4.85. The number of carbonyl (C=O) groups excluding carboxylic acids is 2. The summed E-state index contributed by atoms with van der Waals surface area (Å²) < 4.78 is 20.7. The van der Waals surface area contributed by atoms with Crippen LogP contribution in [0.25, 0.3) is 0 Å². The van der Waals surface area contributed by atoms with Gasteiger partial charge in [-0.3, -0.25) is 20.4 Å². The van der Waals surface area contributed by atoms with E-state index in [2.05, 4.69) is 10.9 Å². The van der Waals surface area contributed by atoms with Gasteiger partial charge >= 0.3 is 0 Å². The molecule has 0 aliphatic carbocycles. The van der Waals surface area contributed by atoms with E-state index in [4.69, 9.17) is 18.9 Å². The van der Waals surface area contributed by atoms with Crippen molar-refractivity contribution in [1.82, 2.24) is 10.9 Å². The van der Waals surface area contributed by atoms with E-state index in [9.17, 15) is 9.59 Å². The van der Waals surface area contributed by atoms with Crippen LogP contribution in [-0.2, 0) is 4.79 Å². The van der Waals surface area contributed by atoms with Crippen LogP contribution in [0.3, 0.4) is 0 Å². The molecule has 8 heteroatoms. The van der Waals surface area contributed by atoms with Crippen LogP contribution in [0.4, 0.5) is 0 Å². The van der Waals surface area contributed by atoms with Crippen molar-refractivity contribution < 1.29 is 28.5 Å². The zero-order valence-corrected chi connectivity index (χ0v) is 14.7. The minimum absolute atomic E-state index is 0.271. The summed E-state index contributed by atoms with van der Waals surface area (Å²) in [5, 5.41) is 0. The smallest absolute Gasteiger partial charge is 0.276 e. The second kappa shape index (κ2) is 9.16. The zero-order valence-electron chi connectivity index (χ0n) is 14.7. The number of hydrogen-bond donors (Lipinski definition) is 2. The summed E-state index contributed by atoms with van der Waals surface area (Å²) >= 11 is 0. The van der Waals surface area contributed by atoms with E-state index in [1.165, 1.54) is 33.5 Å². The Morgan fingerprint density at radius 3 is 2.04 bits per heavy atom. The Morgan fingerprint density at radius 1 is 0.846 bits per heavy atom. The fourth-order valence-electron chi connectivity index (χ4n) is 2.05. The molecular formula is C18H20N2O6. The number of hydrazine groups is 1. The first-order valence-corrected chi connectivity index (χ1v) is 7.65. The highest BCUT2D eigenvalue weighted by molar-refractivity contribution is 5.96. The second-order valence-electron chi connectivity index (χ2n) is 5.04. The van der Waals surface area contributed by atoms with Crippen molar-refractivity contribution in [3.05, 3.63) is 48.0 Å². The molecule has 0 saturated heterocycles. The number of methoxy groups -OCH3 is 3. The first-order chi connectivity index (χ1) is 12.6. The minimum atomic E-state index is -0.529. The van der Waals surface area contributed by atoms with Gasteiger partial charge in [0.2, 0.25) is 0 Å². The van der Waals surface area contributed by atoms with Gasteiger partial charge in [0, 0.05) is 11.6 Å². The predicted molar refractivity (Wildman–Crippen MR) is 93.6 cm³/mol. The molecule has 0 aliphatic rings. The number of amides is 2. The van der Waals surface area contributed by atoms with Crippen molar-refractivity contribution in [2.24, 2.45) is 0 Å². The van der Waals surface area contributed by atoms with Gasteiger partial charge < -0.3 is 18.9 Å². The fourth-order valence-corrected chi connectivity index (χ4v) is 2.05. The fraction of sp³-hybridized carbons (Fsp3) is 0.222. The number of rotatable bonds is 7. The standard InChI is InChI=1S/C18H20N2O6/c1-23-13-8-12(9-14(10-13)24-2)18(22)20-19-17(21)11-26-16-7-5-4-6-15(16)25-3/h4-10H,11H2,1-3H3,(H,19,21)(H,20,22). The maximum Gasteiger partial charge on any atom is 0.276 e. The van der Waals surface area contributed by atoms with Gasteiger partial charge in [0.05, 0.1) is 21.3 Å². The van der Waals surface area contributed by atoms with Crippen LogP contribution in [0.15, 0.2) is 42.5 Å². The highest BCUT2D eigenvalue weighted by Gasteiger charge is 2.12. The molecule has 2 N–H and O–H groups in total. The van der Waals surface area contributed by atoms with Gasteiger partial charge in [-0.1, -0.05) is 12.1 Å². The van der Waals surface area contributed by atoms with Crippen LogP contribution >= 0.6 is 0 Å². The van der Waals surface area contributed by atoms with Crippen molar-refractivity contribution in [2.75, 3.05) is 27.9 Å². The molecule has 0 heterocycles. The van der Waals surface area contributed by atoms with E-state index < -0.39 is 11.8 Å². The largest absolute Gasteiger partial charge is 0.497 e. The molecule has 2 rings (SSSR count). The summed E-state index contributed by atoms with van der Waals surface area (Å²) in [6, 6.07) is 11.6. The van der Waals surface area contributed by atoms with Gasteiger partial charge in [-0.15, -0.1) is 0 Å². The van der Waals surface area contributed by atoms with E-state index in [1.54, 1.807) is 30.3 Å². The van der Waals surface area contributed by atoms with E-state index in [1.807, 2.05) is 0 Å². The van der Waals surface area contributed by atoms with Crippen molar-refractivity contribution in [3.8, 4) is 23.0 Å². The quantitative estimate of drug-likeness (QED) is 0.728. The Labute approximate surface area is 151 Å². The molecule has 8 nitrogen and oxygen atoms in total. The highest BCUT2D eigenvalue weighted by Crippen LogP contribution is 2.25. The molecular weight excluding hydrogens is 340 g/mol. The van der Waals surface area contributed by atoms with Crippen molar-refractivity contribution in [2.45, 2.75) is 0 Å². The Hall–Kier alpha value is -3.42. The van der Waals surface area contributed by atoms with Crippen molar-refractivity contribution >= 4 is 11.8 Å². The molecule has 138 valence electrons. The van der Waals surface area contributed by atoms with Crippen molar-refractivity contribution in [3.63, 3.8) is 0 Å². The third-order valence-electron chi connectivity index (χ3n) is 3.36. The number of carbonyl (C=O) groups is 2. The second-order valence-corrected chi connectivity index (χ2v) is 5.04. The molecule has 0 spiro atoms. The summed E-state index contributed by atoms with van der Waals surface area (Å²) in [4.78, 5) is 24.0. The lowest BCUT2D eigenvalue weighted by Crippen LogP contribution is -2.43. The molecule has 0 fully saturated rings. The van der Waals surface area contributed by atoms with Crippen LogP contribution in [0, 0.1) is 0 Å². The molecule has 0 bridgehead atoms. The number of ether oxygens (including phenoxy) is 4. The average molecular weight is 360 g/mol. The van der Waals surface area contributed by atoms with Crippen molar-refractivity contribution in [1.29, 1.82) is 0 Å². The van der Waals surface area contributed by atoms with Gasteiger partial charge in [-0.25, -0.2) is 0 Å². The monoisotopic (exact) mass is 360 g/mol. The summed E-state index contributed by atoms with van der Waals surface area (Å²) in [5.74, 6) is 0.800. The first kappa shape index (κ1) is 18.9. The van der Waals surface area contributed by atoms with Crippen LogP contribution < -0.4 is 29.8 Å². The lowest BCUT2D eigenvalue weighted by atomic mass is 10.2. The van der Waals surface area contributed by atoms with E-state index >= 15 is 0 Å². The SMILES string of the molecule is COc1cc(OC)cc(C(=O)NNC(=O)COc2ccccc2OC)c1. The zero-order chi connectivity index (χ0) is 18.9. The molecule has 0 aromatic heterocycles. The Kier molecular flexibility index (Phi) is 6.67. The van der Waals surface area contributed by atoms with Gasteiger partial charge in [-0.2, -0.15) is 0 Å². The van der Waals surface area contributed by atoms with Gasteiger partial charge in [0.15, 0.2) is 18.1 Å². The van der Waals surface area contributed by atoms with Crippen LogP contribution in [0.2, 0.25) is 0 Å². The van der Waals surface area contributed by atoms with Gasteiger partial charge in [0.1, 0.15) is 11.5 Å². The summed E-state index contributed by atoms with van der Waals surface area (Å²) in [6.45, 7) is -0.290. The molecule has 2 aromatic carbocycles. The van der Waals surface area contributed by atoms with E-state index in [-0.39, 0.29) is 12.2 Å². The molecule has 0 radical (unpaired) electrons. The normalized spacial score (nSPS) is 9.81. The van der Waals surface area contributed by atoms with E-state index in [0.717, 1.165) is 0 Å². The third-order valence-corrected chi connectivity index (χ3v) is 3.36. The lowest BCUT2D eigenvalue weighted by Gasteiger charge is -2.12. The Morgan fingerprint density at radius 2 is 1.46 bits per heavy atom. The van der Waals surface area contributed by atoms with Gasteiger partial charge in [-0.05, 0) is 24.3 Å². The van der Waals surface area contributed by atoms with Gasteiger partial charge in [0.25, 0.3) is 11.8 Å². The molecule has 0 aliphatic heterocycles.